The van der Waals surface area contributed by atoms with Gasteiger partial charge in [0.25, 0.3) is 0 Å². The van der Waals surface area contributed by atoms with Crippen molar-refractivity contribution in [3.63, 3.8) is 0 Å². The number of hydrogen-bond acceptors (Lipinski definition) is 4. The molecule has 0 bridgehead atoms. The average Bonchev–Trinajstić information content (AvgIpc) is 3.08. The molecule has 1 atom stereocenters. The quantitative estimate of drug-likeness (QED) is 0.857. The molecule has 2 aliphatic rings. The number of likely N-dealkylation sites (N-methyl/N-ethyl adjacent to an activating group) is 1. The van der Waals surface area contributed by atoms with Crippen LogP contribution in [0.2, 0.25) is 0 Å². The largest absolute Gasteiger partial charge is 0.490 e. The van der Waals surface area contributed by atoms with Crippen LogP contribution in [0.1, 0.15) is 44.8 Å². The van der Waals surface area contributed by atoms with Crippen molar-refractivity contribution < 1.29 is 32.3 Å². The Labute approximate surface area is 155 Å². The van der Waals surface area contributed by atoms with Crippen molar-refractivity contribution in [2.24, 2.45) is 0 Å². The normalized spacial score (nSPS) is 23.9. The van der Waals surface area contributed by atoms with Crippen LogP contribution in [-0.2, 0) is 16.1 Å². The number of carbonyl (C=O) groups is 2. The van der Waals surface area contributed by atoms with Crippen molar-refractivity contribution in [2.45, 2.75) is 57.3 Å². The number of nitrogens with zero attached hydrogens (tertiary/aromatic N) is 2. The first-order chi connectivity index (χ1) is 12.7. The van der Waals surface area contributed by atoms with Gasteiger partial charge in [0, 0.05) is 19.5 Å². The van der Waals surface area contributed by atoms with Gasteiger partial charge < -0.3 is 14.4 Å². The minimum atomic E-state index is -5.08. The number of likely N-dealkylation sites (tertiary alicyclic amines) is 2. The van der Waals surface area contributed by atoms with E-state index in [1.165, 1.54) is 6.42 Å². The number of furan rings is 1. The second-order valence-corrected chi connectivity index (χ2v) is 6.91. The standard InChI is InChI=1S/C16H24N2O2.C2HF3O2/c1-2-18-15(19)7-3-8-16(18)9-5-10-17(13-16)12-14-6-4-11-20-14;3-2(4,5)1(6)7/h4,6,11H,2-3,5,7-10,12-13H2,1H3;(H,6,7). The highest BCUT2D eigenvalue weighted by molar-refractivity contribution is 5.78. The molecule has 9 heteroatoms. The molecule has 3 rings (SSSR count). The number of carboxylic acid groups (broad SMARTS) is 1. The molecule has 1 aromatic heterocycles. The van der Waals surface area contributed by atoms with Gasteiger partial charge in [0.1, 0.15) is 5.76 Å². The molecule has 1 aromatic rings. The fraction of sp³-hybridized carbons (Fsp3) is 0.667. The van der Waals surface area contributed by atoms with E-state index < -0.39 is 12.1 Å². The number of alkyl halides is 3. The smallest absolute Gasteiger partial charge is 0.475 e. The van der Waals surface area contributed by atoms with Crippen molar-refractivity contribution in [1.82, 2.24) is 9.80 Å². The summed E-state index contributed by atoms with van der Waals surface area (Å²) in [7, 11) is 0. The molecular weight excluding hydrogens is 365 g/mol. The lowest BCUT2D eigenvalue weighted by molar-refractivity contribution is -0.192. The van der Waals surface area contributed by atoms with E-state index >= 15 is 0 Å². The summed E-state index contributed by atoms with van der Waals surface area (Å²) < 4.78 is 37.2. The summed E-state index contributed by atoms with van der Waals surface area (Å²) in [6.45, 7) is 5.91. The minimum absolute atomic E-state index is 0.0783. The molecule has 2 fully saturated rings. The Kier molecular flexibility index (Phi) is 6.91. The first-order valence-corrected chi connectivity index (χ1v) is 9.03. The van der Waals surface area contributed by atoms with Crippen molar-refractivity contribution >= 4 is 11.9 Å². The van der Waals surface area contributed by atoms with Gasteiger partial charge in [0.05, 0.1) is 18.3 Å². The van der Waals surface area contributed by atoms with E-state index in [4.69, 9.17) is 14.3 Å². The summed E-state index contributed by atoms with van der Waals surface area (Å²) in [4.78, 5) is 25.7. The van der Waals surface area contributed by atoms with Crippen LogP contribution >= 0.6 is 0 Å². The molecule has 3 heterocycles. The van der Waals surface area contributed by atoms with Crippen LogP contribution in [0.15, 0.2) is 22.8 Å². The Morgan fingerprint density at radius 1 is 1.33 bits per heavy atom. The number of hydrogen-bond donors (Lipinski definition) is 1. The van der Waals surface area contributed by atoms with Crippen LogP contribution in [0.3, 0.4) is 0 Å². The predicted molar refractivity (Wildman–Crippen MR) is 90.9 cm³/mol. The summed E-state index contributed by atoms with van der Waals surface area (Å²) >= 11 is 0. The second-order valence-electron chi connectivity index (χ2n) is 6.91. The maximum absolute atomic E-state index is 12.2. The van der Waals surface area contributed by atoms with Crippen molar-refractivity contribution in [3.8, 4) is 0 Å². The van der Waals surface area contributed by atoms with E-state index in [0.717, 1.165) is 57.6 Å². The van der Waals surface area contributed by atoms with E-state index in [-0.39, 0.29) is 5.54 Å². The van der Waals surface area contributed by atoms with Gasteiger partial charge in [-0.2, -0.15) is 13.2 Å². The number of piperidine rings is 2. The van der Waals surface area contributed by atoms with Crippen LogP contribution in [0.4, 0.5) is 13.2 Å². The molecule has 152 valence electrons. The predicted octanol–water partition coefficient (Wildman–Crippen LogP) is 3.28. The number of aliphatic carboxylic acids is 1. The van der Waals surface area contributed by atoms with Crippen LogP contribution in [0.5, 0.6) is 0 Å². The summed E-state index contributed by atoms with van der Waals surface area (Å²) in [5, 5.41) is 7.12. The van der Waals surface area contributed by atoms with Gasteiger partial charge in [0.2, 0.25) is 5.91 Å². The SMILES string of the molecule is CCN1C(=O)CCCC12CCCN(Cc1ccco1)C2.O=C(O)C(F)(F)F. The molecule has 2 saturated heterocycles. The van der Waals surface area contributed by atoms with Gasteiger partial charge >= 0.3 is 12.1 Å². The molecule has 2 aliphatic heterocycles. The third kappa shape index (κ3) is 5.47. The molecular formula is C18H25F3N2O4. The Morgan fingerprint density at radius 2 is 2.00 bits per heavy atom. The fourth-order valence-electron chi connectivity index (χ4n) is 4.00. The molecule has 6 nitrogen and oxygen atoms in total. The topological polar surface area (TPSA) is 74.0 Å². The Morgan fingerprint density at radius 3 is 2.56 bits per heavy atom. The van der Waals surface area contributed by atoms with Crippen molar-refractivity contribution in [3.05, 3.63) is 24.2 Å². The van der Waals surface area contributed by atoms with Gasteiger partial charge in [-0.25, -0.2) is 4.79 Å². The van der Waals surface area contributed by atoms with E-state index in [1.54, 1.807) is 6.26 Å². The molecule has 1 N–H and O–H groups in total. The lowest BCUT2D eigenvalue weighted by Crippen LogP contribution is -2.62. The molecule has 1 spiro atoms. The number of rotatable bonds is 3. The molecule has 0 saturated carbocycles. The maximum Gasteiger partial charge on any atom is 0.490 e. The zero-order valence-corrected chi connectivity index (χ0v) is 15.3. The number of carboxylic acids is 1. The fourth-order valence-corrected chi connectivity index (χ4v) is 4.00. The average molecular weight is 390 g/mol. The first kappa shape index (κ1) is 21.3. The molecule has 1 unspecified atom stereocenters. The monoisotopic (exact) mass is 390 g/mol. The third-order valence-corrected chi connectivity index (χ3v) is 5.06. The number of carbonyl (C=O) groups excluding carboxylic acids is 1. The minimum Gasteiger partial charge on any atom is -0.475 e. The van der Waals surface area contributed by atoms with Crippen molar-refractivity contribution in [1.29, 1.82) is 0 Å². The molecule has 0 aromatic carbocycles. The lowest BCUT2D eigenvalue weighted by atomic mass is 9.79. The lowest BCUT2D eigenvalue weighted by Gasteiger charge is -2.52. The van der Waals surface area contributed by atoms with E-state index in [1.807, 2.05) is 12.1 Å². The zero-order chi connectivity index (χ0) is 20.1. The first-order valence-electron chi connectivity index (χ1n) is 9.03. The van der Waals surface area contributed by atoms with Gasteiger partial charge in [-0.05, 0) is 51.3 Å². The van der Waals surface area contributed by atoms with Gasteiger partial charge in [-0.3, -0.25) is 9.69 Å². The van der Waals surface area contributed by atoms with Gasteiger partial charge in [-0.1, -0.05) is 0 Å². The van der Waals surface area contributed by atoms with Gasteiger partial charge in [0.15, 0.2) is 0 Å². The van der Waals surface area contributed by atoms with Crippen molar-refractivity contribution in [2.75, 3.05) is 19.6 Å². The Balaban J connectivity index is 0.000000321. The summed E-state index contributed by atoms with van der Waals surface area (Å²) in [6.07, 6.45) is 1.90. The van der Waals surface area contributed by atoms with E-state index in [2.05, 4.69) is 16.7 Å². The van der Waals surface area contributed by atoms with Crippen LogP contribution in [-0.4, -0.2) is 58.1 Å². The number of amides is 1. The molecule has 0 radical (unpaired) electrons. The second kappa shape index (κ2) is 8.77. The maximum atomic E-state index is 12.2. The molecule has 0 aliphatic carbocycles. The van der Waals surface area contributed by atoms with Crippen LogP contribution < -0.4 is 0 Å². The highest BCUT2D eigenvalue weighted by atomic mass is 19.4. The highest BCUT2D eigenvalue weighted by Gasteiger charge is 2.44. The Bertz CT molecular complexity index is 629. The molecule has 1 amide bonds. The zero-order valence-electron chi connectivity index (χ0n) is 15.3. The van der Waals surface area contributed by atoms with Crippen LogP contribution in [0, 0.1) is 0 Å². The number of halogens is 3. The highest BCUT2D eigenvalue weighted by Crippen LogP contribution is 2.36. The summed E-state index contributed by atoms with van der Waals surface area (Å²) in [5.74, 6) is -1.39. The summed E-state index contributed by atoms with van der Waals surface area (Å²) in [6, 6.07) is 3.97. The summed E-state index contributed by atoms with van der Waals surface area (Å²) in [5.41, 5.74) is 0.0783. The van der Waals surface area contributed by atoms with E-state index in [9.17, 15) is 18.0 Å². The Hall–Kier alpha value is -2.03. The molecule has 27 heavy (non-hydrogen) atoms. The van der Waals surface area contributed by atoms with Gasteiger partial charge in [-0.15, -0.1) is 0 Å². The van der Waals surface area contributed by atoms with E-state index in [0.29, 0.717) is 5.91 Å². The van der Waals surface area contributed by atoms with Crippen LogP contribution in [0.25, 0.3) is 0 Å². The third-order valence-electron chi connectivity index (χ3n) is 5.06.